The average Bonchev–Trinajstić information content (AvgIpc) is 2.59. The lowest BCUT2D eigenvalue weighted by atomic mass is 10.1. The molecule has 0 saturated heterocycles. The van der Waals surface area contributed by atoms with Gasteiger partial charge in [-0.2, -0.15) is 0 Å². The number of hydrogen-bond acceptors (Lipinski definition) is 2. The van der Waals surface area contributed by atoms with Crippen LogP contribution in [0.3, 0.4) is 0 Å². The van der Waals surface area contributed by atoms with Crippen LogP contribution < -0.4 is 9.78 Å². The highest BCUT2D eigenvalue weighted by atomic mass is 17.2. The second kappa shape index (κ2) is 5.41. The van der Waals surface area contributed by atoms with Gasteiger partial charge in [0.1, 0.15) is 0 Å². The molecule has 0 bridgehead atoms. The highest BCUT2D eigenvalue weighted by Crippen LogP contribution is 2.24. The van der Waals surface area contributed by atoms with Gasteiger partial charge in [-0.15, -0.1) is 0 Å². The number of hydrogen-bond donors (Lipinski definition) is 0. The normalized spacial score (nSPS) is 10.7. The zero-order valence-electron chi connectivity index (χ0n) is 11.9. The van der Waals surface area contributed by atoms with Crippen molar-refractivity contribution >= 4 is 21.5 Å². The van der Waals surface area contributed by atoms with Crippen molar-refractivity contribution in [3.05, 3.63) is 84.9 Å². The minimum absolute atomic E-state index is 0.687. The summed E-state index contributed by atoms with van der Waals surface area (Å²) in [6.45, 7) is 0. The monoisotopic (exact) mass is 286 g/mol. The molecule has 4 rings (SSSR count). The Kier molecular flexibility index (Phi) is 3.13. The van der Waals surface area contributed by atoms with E-state index in [1.165, 1.54) is 10.8 Å². The number of benzene rings is 4. The van der Waals surface area contributed by atoms with E-state index < -0.39 is 0 Å². The van der Waals surface area contributed by atoms with Gasteiger partial charge in [-0.3, -0.25) is 9.78 Å². The van der Waals surface area contributed by atoms with Crippen LogP contribution in [0.25, 0.3) is 21.5 Å². The Labute approximate surface area is 128 Å². The van der Waals surface area contributed by atoms with Gasteiger partial charge in [0.2, 0.25) is 0 Å². The summed E-state index contributed by atoms with van der Waals surface area (Å²) in [4.78, 5) is 10.9. The fourth-order valence-electron chi connectivity index (χ4n) is 2.53. The molecule has 0 radical (unpaired) electrons. The minimum Gasteiger partial charge on any atom is -0.290 e. The maximum absolute atomic E-state index is 5.45. The van der Waals surface area contributed by atoms with Gasteiger partial charge >= 0.3 is 0 Å². The Morgan fingerprint density at radius 2 is 0.818 bits per heavy atom. The van der Waals surface area contributed by atoms with Gasteiger partial charge < -0.3 is 0 Å². The Bertz CT molecular complexity index is 865. The quantitative estimate of drug-likeness (QED) is 0.372. The molecule has 0 spiro atoms. The van der Waals surface area contributed by atoms with Crippen molar-refractivity contribution < 1.29 is 9.78 Å². The molecule has 0 atom stereocenters. The maximum atomic E-state index is 5.45. The molecule has 2 nitrogen and oxygen atoms in total. The van der Waals surface area contributed by atoms with E-state index >= 15 is 0 Å². The molecule has 0 aliphatic heterocycles. The van der Waals surface area contributed by atoms with Crippen LogP contribution in [-0.4, -0.2) is 0 Å². The molecule has 2 heteroatoms. The molecule has 0 amide bonds. The Balaban J connectivity index is 1.57. The van der Waals surface area contributed by atoms with E-state index in [0.717, 1.165) is 10.8 Å². The van der Waals surface area contributed by atoms with Gasteiger partial charge in [-0.25, -0.2) is 0 Å². The standard InChI is InChI=1S/C20H14O2/c1-3-7-17-13-19(11-9-15(17)5-1)21-22-20-12-10-16-6-2-4-8-18(16)14-20/h1-14H. The van der Waals surface area contributed by atoms with Crippen molar-refractivity contribution in [1.82, 2.24) is 0 Å². The van der Waals surface area contributed by atoms with Gasteiger partial charge in [0, 0.05) is 0 Å². The SMILES string of the molecule is c1ccc2cc(OOc3ccc4ccccc4c3)ccc2c1. The van der Waals surface area contributed by atoms with Crippen LogP contribution in [-0.2, 0) is 0 Å². The Hall–Kier alpha value is -3.00. The van der Waals surface area contributed by atoms with E-state index in [1.54, 1.807) is 0 Å². The summed E-state index contributed by atoms with van der Waals surface area (Å²) in [5.74, 6) is 1.37. The summed E-state index contributed by atoms with van der Waals surface area (Å²) in [6, 6.07) is 28.1. The first-order valence-electron chi connectivity index (χ1n) is 7.21. The molecular weight excluding hydrogens is 272 g/mol. The van der Waals surface area contributed by atoms with Crippen molar-refractivity contribution in [2.75, 3.05) is 0 Å². The van der Waals surface area contributed by atoms with Gasteiger partial charge in [0.05, 0.1) is 0 Å². The lowest BCUT2D eigenvalue weighted by Crippen LogP contribution is -2.00. The van der Waals surface area contributed by atoms with Crippen LogP contribution in [0.2, 0.25) is 0 Å². The third-order valence-corrected chi connectivity index (χ3v) is 3.68. The predicted molar refractivity (Wildman–Crippen MR) is 89.2 cm³/mol. The highest BCUT2D eigenvalue weighted by Gasteiger charge is 2.01. The third-order valence-electron chi connectivity index (χ3n) is 3.68. The second-order valence-corrected chi connectivity index (χ2v) is 5.18. The molecule has 106 valence electrons. The molecule has 0 aliphatic rings. The zero-order chi connectivity index (χ0) is 14.8. The van der Waals surface area contributed by atoms with Crippen LogP contribution in [0.1, 0.15) is 0 Å². The molecule has 4 aromatic rings. The van der Waals surface area contributed by atoms with Gasteiger partial charge in [-0.1, -0.05) is 60.7 Å². The fourth-order valence-corrected chi connectivity index (χ4v) is 2.53. The fraction of sp³-hybridized carbons (Fsp3) is 0. The summed E-state index contributed by atoms with van der Waals surface area (Å²) in [5, 5.41) is 4.62. The van der Waals surface area contributed by atoms with Crippen LogP contribution in [0.4, 0.5) is 0 Å². The average molecular weight is 286 g/mol. The van der Waals surface area contributed by atoms with Crippen molar-refractivity contribution in [2.45, 2.75) is 0 Å². The van der Waals surface area contributed by atoms with E-state index in [0.29, 0.717) is 11.5 Å². The first-order valence-corrected chi connectivity index (χ1v) is 7.21. The summed E-state index contributed by atoms with van der Waals surface area (Å²) in [7, 11) is 0. The van der Waals surface area contributed by atoms with Crippen molar-refractivity contribution in [3.63, 3.8) is 0 Å². The largest absolute Gasteiger partial charge is 0.290 e. The van der Waals surface area contributed by atoms with E-state index in [4.69, 9.17) is 9.78 Å². The molecule has 0 aliphatic carbocycles. The summed E-state index contributed by atoms with van der Waals surface area (Å²) in [5.41, 5.74) is 0. The topological polar surface area (TPSA) is 18.5 Å². The third kappa shape index (κ3) is 2.47. The van der Waals surface area contributed by atoms with Crippen LogP contribution in [0.15, 0.2) is 84.9 Å². The lowest BCUT2D eigenvalue weighted by Gasteiger charge is -2.07. The summed E-state index contributed by atoms with van der Waals surface area (Å²) < 4.78 is 0. The van der Waals surface area contributed by atoms with Gasteiger partial charge in [0.15, 0.2) is 11.5 Å². The first kappa shape index (κ1) is 12.7. The minimum atomic E-state index is 0.687. The molecule has 0 heterocycles. The Morgan fingerprint density at radius 3 is 1.27 bits per heavy atom. The molecule has 0 N–H and O–H groups in total. The maximum Gasteiger partial charge on any atom is 0.179 e. The lowest BCUT2D eigenvalue weighted by molar-refractivity contribution is -0.0997. The van der Waals surface area contributed by atoms with Crippen LogP contribution >= 0.6 is 0 Å². The number of rotatable bonds is 3. The van der Waals surface area contributed by atoms with Crippen molar-refractivity contribution in [1.29, 1.82) is 0 Å². The molecule has 0 fully saturated rings. The van der Waals surface area contributed by atoms with Crippen LogP contribution in [0.5, 0.6) is 11.5 Å². The molecule has 22 heavy (non-hydrogen) atoms. The second-order valence-electron chi connectivity index (χ2n) is 5.18. The first-order chi connectivity index (χ1) is 10.9. The predicted octanol–water partition coefficient (Wildman–Crippen LogP) is 5.37. The highest BCUT2D eigenvalue weighted by molar-refractivity contribution is 5.84. The molecule has 0 aromatic heterocycles. The summed E-state index contributed by atoms with van der Waals surface area (Å²) >= 11 is 0. The number of fused-ring (bicyclic) bond motifs is 2. The smallest absolute Gasteiger partial charge is 0.179 e. The molecular formula is C20H14O2. The van der Waals surface area contributed by atoms with E-state index in [-0.39, 0.29) is 0 Å². The zero-order valence-corrected chi connectivity index (χ0v) is 11.9. The molecule has 0 saturated carbocycles. The van der Waals surface area contributed by atoms with E-state index in [9.17, 15) is 0 Å². The van der Waals surface area contributed by atoms with E-state index in [2.05, 4.69) is 24.3 Å². The van der Waals surface area contributed by atoms with Gasteiger partial charge in [0.25, 0.3) is 0 Å². The van der Waals surface area contributed by atoms with Crippen molar-refractivity contribution in [2.24, 2.45) is 0 Å². The van der Waals surface area contributed by atoms with Gasteiger partial charge in [-0.05, 0) is 45.8 Å². The Morgan fingerprint density at radius 1 is 0.409 bits per heavy atom. The van der Waals surface area contributed by atoms with Crippen LogP contribution in [0, 0.1) is 0 Å². The molecule has 0 unspecified atom stereocenters. The van der Waals surface area contributed by atoms with Crippen molar-refractivity contribution in [3.8, 4) is 11.5 Å². The molecule has 4 aromatic carbocycles. The summed E-state index contributed by atoms with van der Waals surface area (Å²) in [6.07, 6.45) is 0. The van der Waals surface area contributed by atoms with E-state index in [1.807, 2.05) is 60.7 Å².